The third-order valence-corrected chi connectivity index (χ3v) is 3.09. The Bertz CT molecular complexity index is 351. The van der Waals surface area contributed by atoms with Crippen molar-refractivity contribution in [3.8, 4) is 0 Å². The van der Waals surface area contributed by atoms with Gasteiger partial charge in [0.05, 0.1) is 12.1 Å². The normalized spacial score (nSPS) is 25.5. The van der Waals surface area contributed by atoms with Gasteiger partial charge in [-0.3, -0.25) is 0 Å². The molecule has 0 bridgehead atoms. The van der Waals surface area contributed by atoms with Gasteiger partial charge < -0.3 is 15.8 Å². The number of ether oxygens (including phenoxy) is 1. The van der Waals surface area contributed by atoms with Gasteiger partial charge in [-0.25, -0.2) is 0 Å². The van der Waals surface area contributed by atoms with E-state index in [1.807, 2.05) is 19.1 Å². The Morgan fingerprint density at radius 2 is 2.27 bits per heavy atom. The van der Waals surface area contributed by atoms with Gasteiger partial charge in [-0.15, -0.1) is 0 Å². The van der Waals surface area contributed by atoms with Crippen LogP contribution in [0.2, 0.25) is 0 Å². The van der Waals surface area contributed by atoms with Crippen molar-refractivity contribution in [2.75, 3.05) is 17.7 Å². The maximum absolute atomic E-state index is 5.86. The molecule has 1 aliphatic rings. The van der Waals surface area contributed by atoms with Crippen LogP contribution in [0.3, 0.4) is 0 Å². The van der Waals surface area contributed by atoms with Gasteiger partial charge in [0.15, 0.2) is 0 Å². The highest BCUT2D eigenvalue weighted by molar-refractivity contribution is 5.63. The highest BCUT2D eigenvalue weighted by Gasteiger charge is 2.24. The second-order valence-corrected chi connectivity index (χ2v) is 4.14. The van der Waals surface area contributed by atoms with E-state index in [4.69, 9.17) is 10.5 Å². The van der Waals surface area contributed by atoms with Crippen LogP contribution in [0.25, 0.3) is 0 Å². The summed E-state index contributed by atoms with van der Waals surface area (Å²) in [6, 6.07) is 6.38. The van der Waals surface area contributed by atoms with Crippen LogP contribution in [0.1, 0.15) is 18.9 Å². The topological polar surface area (TPSA) is 47.3 Å². The Balaban J connectivity index is 2.13. The Kier molecular flexibility index (Phi) is 2.82. The molecule has 1 heterocycles. The van der Waals surface area contributed by atoms with Crippen molar-refractivity contribution in [1.29, 1.82) is 0 Å². The maximum atomic E-state index is 5.86. The van der Waals surface area contributed by atoms with E-state index in [-0.39, 0.29) is 6.10 Å². The van der Waals surface area contributed by atoms with Gasteiger partial charge >= 0.3 is 0 Å². The van der Waals surface area contributed by atoms with Gasteiger partial charge in [0, 0.05) is 18.0 Å². The molecule has 0 amide bonds. The predicted molar refractivity (Wildman–Crippen MR) is 63.0 cm³/mol. The third-order valence-electron chi connectivity index (χ3n) is 3.09. The van der Waals surface area contributed by atoms with Crippen LogP contribution in [0, 0.1) is 6.92 Å². The molecule has 1 aromatic rings. The Hall–Kier alpha value is -1.22. The predicted octanol–water partition coefficient (Wildman–Crippen LogP) is 2.17. The Labute approximate surface area is 90.6 Å². The van der Waals surface area contributed by atoms with Crippen LogP contribution in [0.5, 0.6) is 0 Å². The smallest absolute Gasteiger partial charge is 0.0748 e. The van der Waals surface area contributed by atoms with Crippen molar-refractivity contribution in [2.45, 2.75) is 32.4 Å². The Morgan fingerprint density at radius 1 is 1.47 bits per heavy atom. The fraction of sp³-hybridized carbons (Fsp3) is 0.500. The van der Waals surface area contributed by atoms with Crippen LogP contribution >= 0.6 is 0 Å². The summed E-state index contributed by atoms with van der Waals surface area (Å²) < 4.78 is 5.51. The number of nitrogen functional groups attached to an aromatic ring is 1. The highest BCUT2D eigenvalue weighted by atomic mass is 16.5. The summed E-state index contributed by atoms with van der Waals surface area (Å²) in [6.45, 7) is 4.99. The standard InChI is InChI=1S/C12H18N2O/c1-8-10(13)4-3-5-11(8)14-12-6-7-15-9(12)2/h3-5,9,12,14H,6-7,13H2,1-2H3. The van der Waals surface area contributed by atoms with Crippen LogP contribution in [0.4, 0.5) is 11.4 Å². The first-order valence-corrected chi connectivity index (χ1v) is 5.41. The molecule has 2 rings (SSSR count). The van der Waals surface area contributed by atoms with E-state index < -0.39 is 0 Å². The zero-order valence-corrected chi connectivity index (χ0v) is 9.29. The molecule has 0 aromatic heterocycles. The van der Waals surface area contributed by atoms with E-state index in [0.29, 0.717) is 6.04 Å². The van der Waals surface area contributed by atoms with Crippen LogP contribution in [-0.2, 0) is 4.74 Å². The average molecular weight is 206 g/mol. The van der Waals surface area contributed by atoms with Crippen LogP contribution in [0.15, 0.2) is 18.2 Å². The molecule has 0 saturated carbocycles. The van der Waals surface area contributed by atoms with E-state index in [1.165, 1.54) is 0 Å². The fourth-order valence-electron chi connectivity index (χ4n) is 1.93. The molecule has 3 heteroatoms. The molecule has 1 saturated heterocycles. The monoisotopic (exact) mass is 206 g/mol. The summed E-state index contributed by atoms with van der Waals surface area (Å²) in [7, 11) is 0. The van der Waals surface area contributed by atoms with E-state index in [0.717, 1.165) is 30.0 Å². The first-order chi connectivity index (χ1) is 7.18. The second kappa shape index (κ2) is 4.11. The zero-order chi connectivity index (χ0) is 10.8. The molecule has 2 atom stereocenters. The van der Waals surface area contributed by atoms with Gasteiger partial charge in [0.25, 0.3) is 0 Å². The molecule has 0 radical (unpaired) electrons. The van der Waals surface area contributed by atoms with Gasteiger partial charge in [0.2, 0.25) is 0 Å². The minimum Gasteiger partial charge on any atom is -0.398 e. The zero-order valence-electron chi connectivity index (χ0n) is 9.29. The molecule has 1 aromatic carbocycles. The van der Waals surface area contributed by atoms with Crippen molar-refractivity contribution >= 4 is 11.4 Å². The molecule has 1 fully saturated rings. The SMILES string of the molecule is Cc1c(N)cccc1NC1CCOC1C. The van der Waals surface area contributed by atoms with Crippen molar-refractivity contribution in [1.82, 2.24) is 0 Å². The number of anilines is 2. The summed E-state index contributed by atoms with van der Waals surface area (Å²) in [5.41, 5.74) is 8.94. The number of rotatable bonds is 2. The number of nitrogens with one attached hydrogen (secondary N) is 1. The van der Waals surface area contributed by atoms with E-state index in [9.17, 15) is 0 Å². The third kappa shape index (κ3) is 2.07. The van der Waals surface area contributed by atoms with Gasteiger partial charge in [-0.1, -0.05) is 6.07 Å². The molecule has 0 spiro atoms. The van der Waals surface area contributed by atoms with Crippen LogP contribution in [-0.4, -0.2) is 18.8 Å². The summed E-state index contributed by atoms with van der Waals surface area (Å²) in [5, 5.41) is 3.49. The highest BCUT2D eigenvalue weighted by Crippen LogP contribution is 2.24. The largest absolute Gasteiger partial charge is 0.398 e. The minimum absolute atomic E-state index is 0.283. The summed E-state index contributed by atoms with van der Waals surface area (Å²) in [5.74, 6) is 0. The van der Waals surface area contributed by atoms with E-state index in [2.05, 4.69) is 18.3 Å². The van der Waals surface area contributed by atoms with Gasteiger partial charge in [-0.05, 0) is 38.0 Å². The van der Waals surface area contributed by atoms with Crippen molar-refractivity contribution in [3.05, 3.63) is 23.8 Å². The fourth-order valence-corrected chi connectivity index (χ4v) is 1.93. The van der Waals surface area contributed by atoms with Gasteiger partial charge in [0.1, 0.15) is 0 Å². The molecule has 3 N–H and O–H groups in total. The van der Waals surface area contributed by atoms with Crippen LogP contribution < -0.4 is 11.1 Å². The average Bonchev–Trinajstić information content (AvgIpc) is 2.60. The van der Waals surface area contributed by atoms with Crippen molar-refractivity contribution in [3.63, 3.8) is 0 Å². The first kappa shape index (κ1) is 10.3. The molecule has 15 heavy (non-hydrogen) atoms. The molecule has 2 unspecified atom stereocenters. The lowest BCUT2D eigenvalue weighted by Gasteiger charge is -2.19. The number of hydrogen-bond acceptors (Lipinski definition) is 3. The molecular weight excluding hydrogens is 188 g/mol. The second-order valence-electron chi connectivity index (χ2n) is 4.14. The number of nitrogens with two attached hydrogens (primary N) is 1. The molecule has 0 aliphatic carbocycles. The van der Waals surface area contributed by atoms with E-state index >= 15 is 0 Å². The number of hydrogen-bond donors (Lipinski definition) is 2. The van der Waals surface area contributed by atoms with Gasteiger partial charge in [-0.2, -0.15) is 0 Å². The number of benzene rings is 1. The molecule has 3 nitrogen and oxygen atoms in total. The van der Waals surface area contributed by atoms with Crippen molar-refractivity contribution < 1.29 is 4.74 Å². The Morgan fingerprint density at radius 3 is 2.93 bits per heavy atom. The summed E-state index contributed by atoms with van der Waals surface area (Å²) in [4.78, 5) is 0. The molecule has 82 valence electrons. The lowest BCUT2D eigenvalue weighted by Crippen LogP contribution is -2.27. The lowest BCUT2D eigenvalue weighted by atomic mass is 10.1. The van der Waals surface area contributed by atoms with E-state index in [1.54, 1.807) is 0 Å². The summed E-state index contributed by atoms with van der Waals surface area (Å²) >= 11 is 0. The minimum atomic E-state index is 0.283. The maximum Gasteiger partial charge on any atom is 0.0748 e. The lowest BCUT2D eigenvalue weighted by molar-refractivity contribution is 0.121. The molecular formula is C12H18N2O. The quantitative estimate of drug-likeness (QED) is 0.729. The van der Waals surface area contributed by atoms with Crippen molar-refractivity contribution in [2.24, 2.45) is 0 Å². The summed E-state index contributed by atoms with van der Waals surface area (Å²) in [6.07, 6.45) is 1.35. The first-order valence-electron chi connectivity index (χ1n) is 5.41. The molecule has 1 aliphatic heterocycles.